The molecule has 0 spiro atoms. The summed E-state index contributed by atoms with van der Waals surface area (Å²) in [7, 11) is 0. The highest BCUT2D eigenvalue weighted by Gasteiger charge is 2.16. The zero-order valence-corrected chi connectivity index (χ0v) is 17.2. The molecule has 0 saturated carbocycles. The summed E-state index contributed by atoms with van der Waals surface area (Å²) < 4.78 is 5.60. The van der Waals surface area contributed by atoms with E-state index in [0.717, 1.165) is 83.8 Å². The van der Waals surface area contributed by atoms with E-state index in [4.69, 9.17) is 4.74 Å². The molecule has 2 aliphatic rings. The van der Waals surface area contributed by atoms with Crippen LogP contribution in [0.3, 0.4) is 0 Å². The van der Waals surface area contributed by atoms with Crippen molar-refractivity contribution >= 4 is 35.8 Å². The molecule has 2 fully saturated rings. The van der Waals surface area contributed by atoms with Crippen LogP contribution in [0.25, 0.3) is 0 Å². The molecule has 2 heterocycles. The predicted molar refractivity (Wildman–Crippen MR) is 108 cm³/mol. The van der Waals surface area contributed by atoms with Crippen LogP contribution in [0.5, 0.6) is 0 Å². The summed E-state index contributed by atoms with van der Waals surface area (Å²) in [6.07, 6.45) is 7.59. The van der Waals surface area contributed by atoms with E-state index in [-0.39, 0.29) is 30.1 Å². The highest BCUT2D eigenvalue weighted by atomic mass is 127. The molecule has 0 aromatic rings. The zero-order chi connectivity index (χ0) is 16.3. The molecule has 0 aromatic heterocycles. The van der Waals surface area contributed by atoms with E-state index in [2.05, 4.69) is 22.5 Å². The Morgan fingerprint density at radius 2 is 2.17 bits per heavy atom. The molecular formula is C17H33IN4O2. The lowest BCUT2D eigenvalue weighted by molar-refractivity contribution is -0.130. The Kier molecular flexibility index (Phi) is 11.4. The molecule has 2 N–H and O–H groups in total. The van der Waals surface area contributed by atoms with Crippen LogP contribution < -0.4 is 10.6 Å². The van der Waals surface area contributed by atoms with Gasteiger partial charge in [-0.3, -0.25) is 9.79 Å². The van der Waals surface area contributed by atoms with Gasteiger partial charge in [0.05, 0.1) is 12.6 Å². The maximum atomic E-state index is 11.9. The minimum atomic E-state index is 0. The van der Waals surface area contributed by atoms with Crippen molar-refractivity contribution in [2.24, 2.45) is 4.99 Å². The van der Waals surface area contributed by atoms with Crippen LogP contribution in [-0.4, -0.2) is 62.2 Å². The van der Waals surface area contributed by atoms with E-state index in [1.165, 1.54) is 6.42 Å². The number of likely N-dealkylation sites (tertiary alicyclic amines) is 1. The maximum absolute atomic E-state index is 11.9. The van der Waals surface area contributed by atoms with Crippen LogP contribution in [0.2, 0.25) is 0 Å². The van der Waals surface area contributed by atoms with Gasteiger partial charge >= 0.3 is 0 Å². The molecule has 1 unspecified atom stereocenters. The van der Waals surface area contributed by atoms with Gasteiger partial charge in [-0.1, -0.05) is 6.42 Å². The second-order valence-electron chi connectivity index (χ2n) is 6.33. The zero-order valence-electron chi connectivity index (χ0n) is 14.9. The second-order valence-corrected chi connectivity index (χ2v) is 6.33. The van der Waals surface area contributed by atoms with Crippen molar-refractivity contribution in [1.82, 2.24) is 15.5 Å². The molecule has 0 radical (unpaired) electrons. The smallest absolute Gasteiger partial charge is 0.222 e. The van der Waals surface area contributed by atoms with E-state index in [9.17, 15) is 4.79 Å². The molecule has 2 rings (SSSR count). The van der Waals surface area contributed by atoms with E-state index < -0.39 is 0 Å². The number of nitrogens with zero attached hydrogens (tertiary/aromatic N) is 2. The van der Waals surface area contributed by atoms with Crippen LogP contribution in [0.1, 0.15) is 51.9 Å². The van der Waals surface area contributed by atoms with Crippen LogP contribution in [0.15, 0.2) is 4.99 Å². The first-order valence-corrected chi connectivity index (χ1v) is 9.21. The van der Waals surface area contributed by atoms with Crippen LogP contribution >= 0.6 is 24.0 Å². The van der Waals surface area contributed by atoms with Gasteiger partial charge < -0.3 is 20.3 Å². The third-order valence-electron chi connectivity index (χ3n) is 4.39. The predicted octanol–water partition coefficient (Wildman–Crippen LogP) is 2.13. The average molecular weight is 452 g/mol. The SMILES string of the molecule is CCNC(=NCC1CCCO1)NCCCN1CCCCCC1=O.I. The highest BCUT2D eigenvalue weighted by Crippen LogP contribution is 2.12. The molecule has 2 aliphatic heterocycles. The summed E-state index contributed by atoms with van der Waals surface area (Å²) in [6.45, 7) is 7.11. The van der Waals surface area contributed by atoms with Crippen molar-refractivity contribution in [3.8, 4) is 0 Å². The first-order chi connectivity index (χ1) is 11.3. The van der Waals surface area contributed by atoms with E-state index in [1.54, 1.807) is 0 Å². The third-order valence-corrected chi connectivity index (χ3v) is 4.39. The summed E-state index contributed by atoms with van der Waals surface area (Å²) in [4.78, 5) is 18.6. The molecule has 140 valence electrons. The number of aliphatic imine (C=N–C) groups is 1. The fraction of sp³-hybridized carbons (Fsp3) is 0.882. The number of hydrogen-bond acceptors (Lipinski definition) is 3. The van der Waals surface area contributed by atoms with Gasteiger partial charge in [0, 0.05) is 39.2 Å². The van der Waals surface area contributed by atoms with Crippen molar-refractivity contribution in [3.63, 3.8) is 0 Å². The number of nitrogens with one attached hydrogen (secondary N) is 2. The Bertz CT molecular complexity index is 387. The number of halogens is 1. The van der Waals surface area contributed by atoms with Gasteiger partial charge in [0.25, 0.3) is 0 Å². The average Bonchev–Trinajstić information content (AvgIpc) is 2.99. The molecule has 1 atom stereocenters. The van der Waals surface area contributed by atoms with Crippen molar-refractivity contribution in [2.45, 2.75) is 58.0 Å². The van der Waals surface area contributed by atoms with Crippen molar-refractivity contribution < 1.29 is 9.53 Å². The molecule has 2 saturated heterocycles. The van der Waals surface area contributed by atoms with E-state index in [1.807, 2.05) is 4.90 Å². The first kappa shape index (κ1) is 21.5. The standard InChI is InChI=1S/C17H32N4O2.HI/c1-2-18-17(20-14-15-8-6-13-23-15)19-10-7-12-21-11-5-3-4-9-16(21)22;/h15H,2-14H2,1H3,(H2,18,19,20);1H. The van der Waals surface area contributed by atoms with Gasteiger partial charge in [-0.05, 0) is 39.0 Å². The number of hydrogen-bond donors (Lipinski definition) is 2. The Labute approximate surface area is 163 Å². The number of ether oxygens (including phenoxy) is 1. The molecule has 0 aromatic carbocycles. The largest absolute Gasteiger partial charge is 0.376 e. The lowest BCUT2D eigenvalue weighted by Crippen LogP contribution is -2.40. The van der Waals surface area contributed by atoms with Gasteiger partial charge in [0.2, 0.25) is 5.91 Å². The molecule has 1 amide bonds. The van der Waals surface area contributed by atoms with Crippen molar-refractivity contribution in [1.29, 1.82) is 0 Å². The first-order valence-electron chi connectivity index (χ1n) is 9.21. The third kappa shape index (κ3) is 8.00. The van der Waals surface area contributed by atoms with E-state index in [0.29, 0.717) is 5.91 Å². The molecule has 0 bridgehead atoms. The summed E-state index contributed by atoms with van der Waals surface area (Å²) in [5.41, 5.74) is 0. The fourth-order valence-corrected chi connectivity index (χ4v) is 3.07. The fourth-order valence-electron chi connectivity index (χ4n) is 3.07. The summed E-state index contributed by atoms with van der Waals surface area (Å²) in [6, 6.07) is 0. The van der Waals surface area contributed by atoms with Gasteiger partial charge in [0.15, 0.2) is 5.96 Å². The molecule has 6 nitrogen and oxygen atoms in total. The quantitative estimate of drug-likeness (QED) is 0.269. The number of amides is 1. The number of carbonyl (C=O) groups excluding carboxylic acids is 1. The molecule has 0 aliphatic carbocycles. The Balaban J connectivity index is 0.00000288. The topological polar surface area (TPSA) is 66.0 Å². The number of rotatable bonds is 7. The Hall–Kier alpha value is -0.570. The van der Waals surface area contributed by atoms with Gasteiger partial charge in [-0.15, -0.1) is 24.0 Å². The maximum Gasteiger partial charge on any atom is 0.222 e. The van der Waals surface area contributed by atoms with E-state index >= 15 is 0 Å². The van der Waals surface area contributed by atoms with Crippen molar-refractivity contribution in [2.75, 3.05) is 39.3 Å². The summed E-state index contributed by atoms with van der Waals surface area (Å²) in [5.74, 6) is 1.17. The molecule has 24 heavy (non-hydrogen) atoms. The normalized spacial score (nSPS) is 22.0. The minimum Gasteiger partial charge on any atom is -0.376 e. The van der Waals surface area contributed by atoms with Crippen LogP contribution in [0.4, 0.5) is 0 Å². The van der Waals surface area contributed by atoms with Crippen LogP contribution in [-0.2, 0) is 9.53 Å². The number of carbonyl (C=O) groups is 1. The van der Waals surface area contributed by atoms with Crippen molar-refractivity contribution in [3.05, 3.63) is 0 Å². The highest BCUT2D eigenvalue weighted by molar-refractivity contribution is 14.0. The van der Waals surface area contributed by atoms with Gasteiger partial charge in [-0.25, -0.2) is 0 Å². The molecular weight excluding hydrogens is 419 g/mol. The summed E-state index contributed by atoms with van der Waals surface area (Å²) in [5, 5.41) is 6.63. The monoisotopic (exact) mass is 452 g/mol. The second kappa shape index (κ2) is 12.7. The van der Waals surface area contributed by atoms with Crippen LogP contribution in [0, 0.1) is 0 Å². The summed E-state index contributed by atoms with van der Waals surface area (Å²) >= 11 is 0. The lowest BCUT2D eigenvalue weighted by atomic mass is 10.2. The van der Waals surface area contributed by atoms with Gasteiger partial charge in [0.1, 0.15) is 0 Å². The lowest BCUT2D eigenvalue weighted by Gasteiger charge is -2.21. The van der Waals surface area contributed by atoms with Gasteiger partial charge in [-0.2, -0.15) is 0 Å². The Morgan fingerprint density at radius 1 is 1.29 bits per heavy atom. The Morgan fingerprint density at radius 3 is 2.92 bits per heavy atom. The minimum absolute atomic E-state index is 0. The number of guanidine groups is 1. The molecule has 7 heteroatoms.